The molecule has 1 aliphatic carbocycles. The molecule has 1 aromatic rings. The normalized spacial score (nSPS) is 26.4. The van der Waals surface area contributed by atoms with Crippen LogP contribution >= 0.6 is 0 Å². The van der Waals surface area contributed by atoms with Crippen molar-refractivity contribution in [2.75, 3.05) is 20.8 Å². The number of epoxide rings is 1. The monoisotopic (exact) mass is 234 g/mol. The highest BCUT2D eigenvalue weighted by Gasteiger charge is 2.58. The summed E-state index contributed by atoms with van der Waals surface area (Å²) in [7, 11) is 3.49. The molecule has 0 radical (unpaired) electrons. The molecule has 0 bridgehead atoms. The van der Waals surface area contributed by atoms with Gasteiger partial charge in [-0.2, -0.15) is 0 Å². The van der Waals surface area contributed by atoms with Gasteiger partial charge in [-0.1, -0.05) is 18.2 Å². The van der Waals surface area contributed by atoms with E-state index in [-0.39, 0.29) is 11.7 Å². The molecule has 3 rings (SSSR count). The van der Waals surface area contributed by atoms with Gasteiger partial charge in [0.15, 0.2) is 0 Å². The van der Waals surface area contributed by atoms with Crippen LogP contribution in [-0.4, -0.2) is 26.9 Å². The van der Waals surface area contributed by atoms with Gasteiger partial charge in [0, 0.05) is 12.7 Å². The Bertz CT molecular complexity index is 396. The lowest BCUT2D eigenvalue weighted by atomic mass is 9.84. The Morgan fingerprint density at radius 1 is 1.24 bits per heavy atom. The lowest BCUT2D eigenvalue weighted by Crippen LogP contribution is -2.37. The van der Waals surface area contributed by atoms with Gasteiger partial charge in [-0.3, -0.25) is 0 Å². The van der Waals surface area contributed by atoms with Gasteiger partial charge < -0.3 is 14.2 Å². The molecule has 3 nitrogen and oxygen atoms in total. The van der Waals surface area contributed by atoms with E-state index < -0.39 is 0 Å². The van der Waals surface area contributed by atoms with Crippen molar-refractivity contribution >= 4 is 0 Å². The molecule has 92 valence electrons. The van der Waals surface area contributed by atoms with Gasteiger partial charge in [-0.25, -0.2) is 0 Å². The lowest BCUT2D eigenvalue weighted by Gasteiger charge is -2.32. The molecule has 2 atom stereocenters. The first kappa shape index (κ1) is 11.1. The second-order valence-electron chi connectivity index (χ2n) is 4.79. The standard InChI is InChI=1S/C14H18O3/c1-15-12-6-4-3-5-11(12)14(16-2,10-7-8-10)13-9-17-13/h3-6,10,13H,7-9H2,1-2H3/t13-,14?/m1/s1. The predicted octanol–water partition coefficient (Wildman–Crippen LogP) is 2.35. The van der Waals surface area contributed by atoms with Crippen molar-refractivity contribution in [3.63, 3.8) is 0 Å². The fourth-order valence-electron chi connectivity index (χ4n) is 2.84. The summed E-state index contributed by atoms with van der Waals surface area (Å²) in [5.41, 5.74) is 0.835. The van der Waals surface area contributed by atoms with Crippen LogP contribution in [0.3, 0.4) is 0 Å². The summed E-state index contributed by atoms with van der Waals surface area (Å²) < 4.78 is 16.9. The highest BCUT2D eigenvalue weighted by atomic mass is 16.6. The van der Waals surface area contributed by atoms with E-state index in [1.165, 1.54) is 12.8 Å². The summed E-state index contributed by atoms with van der Waals surface area (Å²) in [4.78, 5) is 0. The lowest BCUT2D eigenvalue weighted by molar-refractivity contribution is -0.0576. The number of rotatable bonds is 5. The van der Waals surface area contributed by atoms with Crippen LogP contribution in [0.4, 0.5) is 0 Å². The van der Waals surface area contributed by atoms with Gasteiger partial charge in [0.05, 0.1) is 13.7 Å². The Kier molecular flexibility index (Phi) is 2.60. The molecule has 17 heavy (non-hydrogen) atoms. The minimum absolute atomic E-state index is 0.191. The van der Waals surface area contributed by atoms with E-state index in [1.807, 2.05) is 18.2 Å². The smallest absolute Gasteiger partial charge is 0.127 e. The molecular weight excluding hydrogens is 216 g/mol. The molecule has 1 heterocycles. The van der Waals surface area contributed by atoms with Crippen LogP contribution < -0.4 is 4.74 Å². The summed E-state index contributed by atoms with van der Waals surface area (Å²) in [6.07, 6.45) is 2.62. The Hall–Kier alpha value is -1.06. The maximum absolute atomic E-state index is 5.91. The average molecular weight is 234 g/mol. The van der Waals surface area contributed by atoms with E-state index >= 15 is 0 Å². The van der Waals surface area contributed by atoms with Gasteiger partial charge in [0.2, 0.25) is 0 Å². The molecule has 0 aromatic heterocycles. The Morgan fingerprint density at radius 2 is 1.94 bits per heavy atom. The predicted molar refractivity (Wildman–Crippen MR) is 64.1 cm³/mol. The fourth-order valence-corrected chi connectivity index (χ4v) is 2.84. The van der Waals surface area contributed by atoms with E-state index in [0.29, 0.717) is 5.92 Å². The molecule has 1 saturated heterocycles. The van der Waals surface area contributed by atoms with E-state index in [0.717, 1.165) is 17.9 Å². The Morgan fingerprint density at radius 3 is 2.47 bits per heavy atom. The van der Waals surface area contributed by atoms with E-state index in [2.05, 4.69) is 6.07 Å². The Balaban J connectivity index is 2.07. The van der Waals surface area contributed by atoms with Crippen molar-refractivity contribution in [2.24, 2.45) is 5.92 Å². The van der Waals surface area contributed by atoms with Crippen LogP contribution in [0, 0.1) is 5.92 Å². The van der Waals surface area contributed by atoms with Gasteiger partial charge in [0.25, 0.3) is 0 Å². The maximum atomic E-state index is 5.91. The molecule has 1 aliphatic heterocycles. The zero-order valence-corrected chi connectivity index (χ0v) is 10.3. The molecule has 0 amide bonds. The zero-order chi connectivity index (χ0) is 11.9. The molecule has 1 unspecified atom stereocenters. The SMILES string of the molecule is COc1ccccc1C(OC)(C1CC1)[C@H]1CO1. The number of ether oxygens (including phenoxy) is 3. The van der Waals surface area contributed by atoms with Gasteiger partial charge in [0.1, 0.15) is 17.5 Å². The van der Waals surface area contributed by atoms with Crippen molar-refractivity contribution in [1.29, 1.82) is 0 Å². The molecule has 1 aromatic carbocycles. The summed E-state index contributed by atoms with van der Waals surface area (Å²) in [6.45, 7) is 0.794. The summed E-state index contributed by atoms with van der Waals surface area (Å²) >= 11 is 0. The van der Waals surface area contributed by atoms with E-state index in [4.69, 9.17) is 14.2 Å². The molecule has 1 saturated carbocycles. The van der Waals surface area contributed by atoms with Gasteiger partial charge >= 0.3 is 0 Å². The zero-order valence-electron chi connectivity index (χ0n) is 10.3. The van der Waals surface area contributed by atoms with Crippen molar-refractivity contribution in [3.05, 3.63) is 29.8 Å². The summed E-state index contributed by atoms with van der Waals surface area (Å²) in [5.74, 6) is 1.47. The van der Waals surface area contributed by atoms with Crippen LogP contribution in [0.5, 0.6) is 5.75 Å². The molecule has 3 heteroatoms. The number of benzene rings is 1. The first-order valence-corrected chi connectivity index (χ1v) is 6.13. The second kappa shape index (κ2) is 4.00. The number of hydrogen-bond donors (Lipinski definition) is 0. The van der Waals surface area contributed by atoms with E-state index in [1.54, 1.807) is 14.2 Å². The summed E-state index contributed by atoms with van der Waals surface area (Å²) in [5, 5.41) is 0. The quantitative estimate of drug-likeness (QED) is 0.733. The number of hydrogen-bond acceptors (Lipinski definition) is 3. The third-order valence-corrected chi connectivity index (χ3v) is 3.86. The highest BCUT2D eigenvalue weighted by molar-refractivity contribution is 5.41. The number of methoxy groups -OCH3 is 2. The van der Waals surface area contributed by atoms with Crippen molar-refractivity contribution < 1.29 is 14.2 Å². The largest absolute Gasteiger partial charge is 0.496 e. The molecule has 0 N–H and O–H groups in total. The van der Waals surface area contributed by atoms with Gasteiger partial charge in [-0.05, 0) is 24.8 Å². The Labute approximate surface area is 102 Å². The molecule has 0 spiro atoms. The third-order valence-electron chi connectivity index (χ3n) is 3.86. The van der Waals surface area contributed by atoms with Crippen molar-refractivity contribution in [2.45, 2.75) is 24.5 Å². The average Bonchev–Trinajstić information content (AvgIpc) is 3.23. The third kappa shape index (κ3) is 1.65. The highest BCUT2D eigenvalue weighted by Crippen LogP contribution is 2.55. The fraction of sp³-hybridized carbons (Fsp3) is 0.571. The molecule has 2 fully saturated rings. The first-order valence-electron chi connectivity index (χ1n) is 6.13. The van der Waals surface area contributed by atoms with Crippen LogP contribution in [0.15, 0.2) is 24.3 Å². The van der Waals surface area contributed by atoms with Crippen LogP contribution in [0.1, 0.15) is 18.4 Å². The van der Waals surface area contributed by atoms with E-state index in [9.17, 15) is 0 Å². The first-order chi connectivity index (χ1) is 8.32. The maximum Gasteiger partial charge on any atom is 0.127 e. The topological polar surface area (TPSA) is 31.0 Å². The van der Waals surface area contributed by atoms with Crippen LogP contribution in [0.2, 0.25) is 0 Å². The van der Waals surface area contributed by atoms with Gasteiger partial charge in [-0.15, -0.1) is 0 Å². The molecular formula is C14H18O3. The second-order valence-corrected chi connectivity index (χ2v) is 4.79. The van der Waals surface area contributed by atoms with Crippen LogP contribution in [0.25, 0.3) is 0 Å². The molecule has 2 aliphatic rings. The number of para-hydroxylation sites is 1. The van der Waals surface area contributed by atoms with Crippen LogP contribution in [-0.2, 0) is 15.1 Å². The van der Waals surface area contributed by atoms with Crippen molar-refractivity contribution in [1.82, 2.24) is 0 Å². The minimum atomic E-state index is -0.299. The minimum Gasteiger partial charge on any atom is -0.496 e. The van der Waals surface area contributed by atoms with Crippen molar-refractivity contribution in [3.8, 4) is 5.75 Å². The summed E-state index contributed by atoms with van der Waals surface area (Å²) in [6, 6.07) is 8.12.